The van der Waals surface area contributed by atoms with E-state index in [9.17, 15) is 5.11 Å². The summed E-state index contributed by atoms with van der Waals surface area (Å²) in [4.78, 5) is 4.24. The molecule has 3 heterocycles. The van der Waals surface area contributed by atoms with Crippen LogP contribution >= 0.6 is 11.6 Å². The first-order valence-corrected chi connectivity index (χ1v) is 9.22. The van der Waals surface area contributed by atoms with Gasteiger partial charge in [0.05, 0.1) is 28.8 Å². The first-order valence-electron chi connectivity index (χ1n) is 8.84. The summed E-state index contributed by atoms with van der Waals surface area (Å²) in [5.41, 5.74) is 1.73. The molecule has 1 aliphatic rings. The van der Waals surface area contributed by atoms with E-state index >= 15 is 0 Å². The molecule has 1 aliphatic heterocycles. The smallest absolute Gasteiger partial charge is 0.158 e. The van der Waals surface area contributed by atoms with Gasteiger partial charge >= 0.3 is 0 Å². The first-order chi connectivity index (χ1) is 12.8. The molecule has 2 N–H and O–H groups in total. The molecule has 6 nitrogen and oxygen atoms in total. The maximum Gasteiger partial charge on any atom is 0.158 e. The SMILES string of the molecule is Cc1cc(O)c(-c2nnc(N[C@@H]3COC(C)(C)C3)c3cnccc23)c(Cl)c1. The van der Waals surface area contributed by atoms with E-state index in [-0.39, 0.29) is 17.4 Å². The van der Waals surface area contributed by atoms with Crippen LogP contribution in [-0.4, -0.2) is 38.5 Å². The van der Waals surface area contributed by atoms with Crippen molar-refractivity contribution in [2.75, 3.05) is 11.9 Å². The van der Waals surface area contributed by atoms with Gasteiger partial charge < -0.3 is 15.2 Å². The molecule has 0 saturated carbocycles. The Morgan fingerprint density at radius 1 is 1.26 bits per heavy atom. The zero-order chi connectivity index (χ0) is 19.2. The maximum atomic E-state index is 10.4. The normalized spacial score (nSPS) is 18.7. The van der Waals surface area contributed by atoms with E-state index in [1.807, 2.05) is 13.0 Å². The minimum atomic E-state index is -0.152. The standard InChI is InChI=1S/C20H21ClN4O2/c1-11-6-15(21)17(16(26)7-11)18-13-4-5-22-9-14(13)19(25-24-18)23-12-8-20(2,3)27-10-12/h4-7,9,12,26H,8,10H2,1-3H3,(H,23,25)/t12-/m0/s1. The third-order valence-electron chi connectivity index (χ3n) is 4.79. The molecule has 0 aliphatic carbocycles. The van der Waals surface area contributed by atoms with Gasteiger partial charge in [0.15, 0.2) is 5.82 Å². The van der Waals surface area contributed by atoms with Crippen molar-refractivity contribution < 1.29 is 9.84 Å². The van der Waals surface area contributed by atoms with Gasteiger partial charge in [0.1, 0.15) is 11.4 Å². The number of phenols is 1. The molecule has 3 aromatic rings. The number of hydrogen-bond donors (Lipinski definition) is 2. The van der Waals surface area contributed by atoms with Gasteiger partial charge in [-0.2, -0.15) is 0 Å². The highest BCUT2D eigenvalue weighted by Gasteiger charge is 2.32. The number of pyridine rings is 1. The van der Waals surface area contributed by atoms with E-state index in [4.69, 9.17) is 16.3 Å². The number of rotatable bonds is 3. The molecular weight excluding hydrogens is 364 g/mol. The molecule has 140 valence electrons. The highest BCUT2D eigenvalue weighted by Crippen LogP contribution is 2.40. The number of anilines is 1. The summed E-state index contributed by atoms with van der Waals surface area (Å²) in [5, 5.41) is 24.7. The van der Waals surface area contributed by atoms with E-state index in [2.05, 4.69) is 34.3 Å². The minimum absolute atomic E-state index is 0.0825. The fourth-order valence-electron chi connectivity index (χ4n) is 3.57. The van der Waals surface area contributed by atoms with Crippen LogP contribution in [0, 0.1) is 6.92 Å². The van der Waals surface area contributed by atoms with Gasteiger partial charge in [0, 0.05) is 23.2 Å². The lowest BCUT2D eigenvalue weighted by molar-refractivity contribution is 0.0363. The van der Waals surface area contributed by atoms with Crippen molar-refractivity contribution in [3.05, 3.63) is 41.2 Å². The lowest BCUT2D eigenvalue weighted by Crippen LogP contribution is -2.23. The number of aryl methyl sites for hydroxylation is 1. The summed E-state index contributed by atoms with van der Waals surface area (Å²) in [6.45, 7) is 6.64. The molecule has 0 amide bonds. The van der Waals surface area contributed by atoms with Crippen LogP contribution in [0.2, 0.25) is 5.02 Å². The van der Waals surface area contributed by atoms with Gasteiger partial charge in [-0.25, -0.2) is 0 Å². The van der Waals surface area contributed by atoms with E-state index < -0.39 is 0 Å². The lowest BCUT2D eigenvalue weighted by Gasteiger charge is -2.17. The second-order valence-electron chi connectivity index (χ2n) is 7.58. The van der Waals surface area contributed by atoms with Crippen molar-refractivity contribution in [3.63, 3.8) is 0 Å². The average molecular weight is 385 g/mol. The van der Waals surface area contributed by atoms with Crippen LogP contribution in [0.25, 0.3) is 22.0 Å². The molecule has 4 rings (SSSR count). The summed E-state index contributed by atoms with van der Waals surface area (Å²) in [6, 6.07) is 5.48. The number of nitrogens with zero attached hydrogens (tertiary/aromatic N) is 3. The van der Waals surface area contributed by atoms with Crippen LogP contribution in [0.1, 0.15) is 25.8 Å². The van der Waals surface area contributed by atoms with Crippen LogP contribution < -0.4 is 5.32 Å². The Morgan fingerprint density at radius 3 is 2.78 bits per heavy atom. The summed E-state index contributed by atoms with van der Waals surface area (Å²) < 4.78 is 5.80. The maximum absolute atomic E-state index is 10.4. The number of halogens is 1. The largest absolute Gasteiger partial charge is 0.507 e. The lowest BCUT2D eigenvalue weighted by atomic mass is 10.0. The molecule has 7 heteroatoms. The van der Waals surface area contributed by atoms with Crippen molar-refractivity contribution >= 4 is 28.2 Å². The quantitative estimate of drug-likeness (QED) is 0.699. The monoisotopic (exact) mass is 384 g/mol. The average Bonchev–Trinajstić information content (AvgIpc) is 2.94. The van der Waals surface area contributed by atoms with Crippen molar-refractivity contribution in [2.24, 2.45) is 0 Å². The highest BCUT2D eigenvalue weighted by atomic mass is 35.5. The highest BCUT2D eigenvalue weighted by molar-refractivity contribution is 6.34. The Kier molecular flexibility index (Phi) is 4.40. The number of fused-ring (bicyclic) bond motifs is 1. The molecule has 1 atom stereocenters. The number of aromatic hydroxyl groups is 1. The van der Waals surface area contributed by atoms with E-state index in [0.717, 1.165) is 22.8 Å². The Balaban J connectivity index is 1.80. The van der Waals surface area contributed by atoms with Gasteiger partial charge in [-0.05, 0) is 51.0 Å². The fourth-order valence-corrected chi connectivity index (χ4v) is 3.93. The van der Waals surface area contributed by atoms with Crippen LogP contribution in [0.15, 0.2) is 30.6 Å². The summed E-state index contributed by atoms with van der Waals surface area (Å²) in [7, 11) is 0. The molecule has 2 aromatic heterocycles. The number of aromatic nitrogens is 3. The predicted octanol–water partition coefficient (Wildman–Crippen LogP) is 4.34. The fraction of sp³-hybridized carbons (Fsp3) is 0.350. The summed E-state index contributed by atoms with van der Waals surface area (Å²) in [5.74, 6) is 0.731. The summed E-state index contributed by atoms with van der Waals surface area (Å²) >= 11 is 6.40. The molecule has 1 saturated heterocycles. The third-order valence-corrected chi connectivity index (χ3v) is 5.08. The molecular formula is C20H21ClN4O2. The number of benzene rings is 1. The molecule has 0 radical (unpaired) electrons. The molecule has 0 bridgehead atoms. The number of ether oxygens (including phenoxy) is 1. The van der Waals surface area contributed by atoms with Crippen molar-refractivity contribution in [2.45, 2.75) is 38.8 Å². The Bertz CT molecular complexity index is 999. The van der Waals surface area contributed by atoms with Crippen molar-refractivity contribution in [3.8, 4) is 17.0 Å². The van der Waals surface area contributed by atoms with Gasteiger partial charge in [0.25, 0.3) is 0 Å². The first kappa shape index (κ1) is 17.9. The van der Waals surface area contributed by atoms with Gasteiger partial charge in [0.2, 0.25) is 0 Å². The number of hydrogen-bond acceptors (Lipinski definition) is 6. The van der Waals surface area contributed by atoms with E-state index in [0.29, 0.717) is 28.7 Å². The Morgan fingerprint density at radius 2 is 2.07 bits per heavy atom. The Hall–Kier alpha value is -2.44. The summed E-state index contributed by atoms with van der Waals surface area (Å²) in [6.07, 6.45) is 4.32. The molecule has 0 spiro atoms. The van der Waals surface area contributed by atoms with Gasteiger partial charge in [-0.1, -0.05) is 11.6 Å². The second kappa shape index (κ2) is 6.62. The molecule has 1 aromatic carbocycles. The molecule has 0 unspecified atom stereocenters. The topological polar surface area (TPSA) is 80.2 Å². The number of phenolic OH excluding ortho intramolecular Hbond substituents is 1. The molecule has 27 heavy (non-hydrogen) atoms. The van der Waals surface area contributed by atoms with E-state index in [1.54, 1.807) is 24.5 Å². The van der Waals surface area contributed by atoms with Crippen molar-refractivity contribution in [1.82, 2.24) is 15.2 Å². The molecule has 1 fully saturated rings. The van der Waals surface area contributed by atoms with Gasteiger partial charge in [-0.15, -0.1) is 10.2 Å². The van der Waals surface area contributed by atoms with Crippen LogP contribution in [0.3, 0.4) is 0 Å². The van der Waals surface area contributed by atoms with E-state index in [1.165, 1.54) is 0 Å². The second-order valence-corrected chi connectivity index (χ2v) is 7.98. The van der Waals surface area contributed by atoms with Crippen LogP contribution in [-0.2, 0) is 4.74 Å². The number of nitrogens with one attached hydrogen (secondary N) is 1. The van der Waals surface area contributed by atoms with Gasteiger partial charge in [-0.3, -0.25) is 4.98 Å². The zero-order valence-electron chi connectivity index (χ0n) is 15.5. The van der Waals surface area contributed by atoms with Crippen LogP contribution in [0.4, 0.5) is 5.82 Å². The van der Waals surface area contributed by atoms with Crippen molar-refractivity contribution in [1.29, 1.82) is 0 Å². The van der Waals surface area contributed by atoms with Crippen LogP contribution in [0.5, 0.6) is 5.75 Å². The predicted molar refractivity (Wildman–Crippen MR) is 106 cm³/mol. The minimum Gasteiger partial charge on any atom is -0.507 e. The zero-order valence-corrected chi connectivity index (χ0v) is 16.2. The Labute approximate surface area is 162 Å². The third kappa shape index (κ3) is 3.42.